The second-order valence-electron chi connectivity index (χ2n) is 5.00. The smallest absolute Gasteiger partial charge is 0.219 e. The van der Waals surface area contributed by atoms with Crippen LogP contribution in [0.3, 0.4) is 0 Å². The molecule has 0 saturated carbocycles. The summed E-state index contributed by atoms with van der Waals surface area (Å²) in [7, 11) is -3.35. The first kappa shape index (κ1) is 17.4. The molecule has 1 fully saturated rings. The number of aromatic nitrogens is 1. The average Bonchev–Trinajstić information content (AvgIpc) is 2.46. The van der Waals surface area contributed by atoms with Crippen LogP contribution in [0.25, 0.3) is 0 Å². The maximum Gasteiger partial charge on any atom is 0.219 e. The molecule has 114 valence electrons. The Balaban J connectivity index is 0.00000200. The van der Waals surface area contributed by atoms with Crippen LogP contribution in [0.1, 0.15) is 30.7 Å². The van der Waals surface area contributed by atoms with Crippen molar-refractivity contribution in [2.75, 3.05) is 19.6 Å². The van der Waals surface area contributed by atoms with Crippen molar-refractivity contribution < 1.29 is 8.42 Å². The van der Waals surface area contributed by atoms with E-state index in [9.17, 15) is 8.42 Å². The van der Waals surface area contributed by atoms with Gasteiger partial charge in [-0.25, -0.2) is 13.1 Å². The third-order valence-corrected chi connectivity index (χ3v) is 5.28. The first-order valence-electron chi connectivity index (χ1n) is 6.70. The molecule has 0 amide bonds. The Labute approximate surface area is 127 Å². The molecule has 0 radical (unpaired) electrons. The molecule has 0 bridgehead atoms. The van der Waals surface area contributed by atoms with Crippen molar-refractivity contribution >= 4 is 22.4 Å². The number of nitrogens with one attached hydrogen (secondary N) is 2. The van der Waals surface area contributed by atoms with Crippen molar-refractivity contribution in [3.63, 3.8) is 0 Å². The van der Waals surface area contributed by atoms with E-state index >= 15 is 0 Å². The second kappa shape index (κ2) is 7.93. The van der Waals surface area contributed by atoms with Gasteiger partial charge in [0.2, 0.25) is 10.0 Å². The van der Waals surface area contributed by atoms with Crippen LogP contribution in [-0.2, 0) is 10.0 Å². The Morgan fingerprint density at radius 3 is 2.90 bits per heavy atom. The average molecular weight is 320 g/mol. The van der Waals surface area contributed by atoms with Gasteiger partial charge in [0, 0.05) is 12.7 Å². The summed E-state index contributed by atoms with van der Waals surface area (Å²) in [6.07, 6.45) is 3.81. The molecule has 7 heteroatoms. The molecule has 0 aromatic carbocycles. The molecule has 2 atom stereocenters. The summed E-state index contributed by atoms with van der Waals surface area (Å²) in [6.45, 7) is 4.10. The molecule has 0 aliphatic carbocycles. The lowest BCUT2D eigenvalue weighted by Crippen LogP contribution is -2.39. The molecule has 2 unspecified atom stereocenters. The van der Waals surface area contributed by atoms with Crippen LogP contribution in [0.4, 0.5) is 0 Å². The van der Waals surface area contributed by atoms with Gasteiger partial charge in [-0.3, -0.25) is 4.98 Å². The van der Waals surface area contributed by atoms with E-state index in [-0.39, 0.29) is 12.4 Å². The number of piperidine rings is 1. The van der Waals surface area contributed by atoms with E-state index in [4.69, 9.17) is 0 Å². The summed E-state index contributed by atoms with van der Waals surface area (Å²) in [5.74, 6) is 0.388. The van der Waals surface area contributed by atoms with Gasteiger partial charge in [0.25, 0.3) is 0 Å². The maximum absolute atomic E-state index is 12.2. The van der Waals surface area contributed by atoms with E-state index in [2.05, 4.69) is 15.0 Å². The predicted molar refractivity (Wildman–Crippen MR) is 82.4 cm³/mol. The van der Waals surface area contributed by atoms with Crippen molar-refractivity contribution in [3.8, 4) is 0 Å². The molecule has 1 aliphatic heterocycles. The molecule has 20 heavy (non-hydrogen) atoms. The maximum atomic E-state index is 12.2. The lowest BCUT2D eigenvalue weighted by Gasteiger charge is -2.23. The first-order chi connectivity index (χ1) is 9.09. The third-order valence-electron chi connectivity index (χ3n) is 3.54. The molecule has 0 spiro atoms. The molecule has 2 rings (SSSR count). The minimum absolute atomic E-state index is 0. The highest BCUT2D eigenvalue weighted by Crippen LogP contribution is 2.18. The van der Waals surface area contributed by atoms with Crippen molar-refractivity contribution in [2.24, 2.45) is 5.92 Å². The van der Waals surface area contributed by atoms with Gasteiger partial charge < -0.3 is 5.32 Å². The van der Waals surface area contributed by atoms with Crippen LogP contribution in [-0.4, -0.2) is 33.0 Å². The number of rotatable bonds is 5. The largest absolute Gasteiger partial charge is 0.316 e. The molecular formula is C13H22ClN3O2S. The Bertz CT molecular complexity index is 490. The fourth-order valence-corrected chi connectivity index (χ4v) is 3.41. The number of hydrogen-bond donors (Lipinski definition) is 2. The number of hydrogen-bond acceptors (Lipinski definition) is 4. The van der Waals surface area contributed by atoms with E-state index in [0.717, 1.165) is 25.9 Å². The van der Waals surface area contributed by atoms with Crippen molar-refractivity contribution in [2.45, 2.75) is 25.0 Å². The van der Waals surface area contributed by atoms with Gasteiger partial charge in [0.15, 0.2) is 0 Å². The molecular weight excluding hydrogens is 298 g/mol. The Morgan fingerprint density at radius 2 is 2.30 bits per heavy atom. The van der Waals surface area contributed by atoms with Gasteiger partial charge in [-0.1, -0.05) is 6.07 Å². The summed E-state index contributed by atoms with van der Waals surface area (Å²) < 4.78 is 27.1. The minimum Gasteiger partial charge on any atom is -0.316 e. The molecule has 1 aromatic heterocycles. The topological polar surface area (TPSA) is 71.1 Å². The molecule has 2 N–H and O–H groups in total. The van der Waals surface area contributed by atoms with E-state index < -0.39 is 15.3 Å². The zero-order valence-electron chi connectivity index (χ0n) is 11.6. The standard InChI is InChI=1S/C13H21N3O2S.ClH/c1-11(13-6-2-3-8-15-13)19(17,18)16-10-12-5-4-7-14-9-12;/h2-3,6,8,11-12,14,16H,4-5,7,9-10H2,1H3;1H. The van der Waals surface area contributed by atoms with Gasteiger partial charge >= 0.3 is 0 Å². The van der Waals surface area contributed by atoms with E-state index in [1.807, 2.05) is 0 Å². The van der Waals surface area contributed by atoms with E-state index in [1.54, 1.807) is 31.3 Å². The quantitative estimate of drug-likeness (QED) is 0.862. The number of nitrogens with zero attached hydrogens (tertiary/aromatic N) is 1. The summed E-state index contributed by atoms with van der Waals surface area (Å²) in [5.41, 5.74) is 0.580. The molecule has 1 aromatic rings. The fraction of sp³-hybridized carbons (Fsp3) is 0.615. The number of sulfonamides is 1. The predicted octanol–water partition coefficient (Wildman–Crippen LogP) is 1.48. The first-order valence-corrected chi connectivity index (χ1v) is 8.24. The zero-order chi connectivity index (χ0) is 13.7. The summed E-state index contributed by atoms with van der Waals surface area (Å²) in [5, 5.41) is 2.66. The van der Waals surface area contributed by atoms with Crippen LogP contribution in [0.15, 0.2) is 24.4 Å². The third kappa shape index (κ3) is 4.70. The lowest BCUT2D eigenvalue weighted by molar-refractivity contribution is 0.375. The molecule has 2 heterocycles. The fourth-order valence-electron chi connectivity index (χ4n) is 2.23. The van der Waals surface area contributed by atoms with Crippen molar-refractivity contribution in [1.82, 2.24) is 15.0 Å². The van der Waals surface area contributed by atoms with Crippen molar-refractivity contribution in [3.05, 3.63) is 30.1 Å². The highest BCUT2D eigenvalue weighted by molar-refractivity contribution is 7.89. The highest BCUT2D eigenvalue weighted by atomic mass is 35.5. The van der Waals surface area contributed by atoms with Crippen LogP contribution >= 0.6 is 12.4 Å². The van der Waals surface area contributed by atoms with Gasteiger partial charge in [-0.05, 0) is 50.9 Å². The second-order valence-corrected chi connectivity index (χ2v) is 7.09. The Kier molecular flexibility index (Phi) is 6.88. The zero-order valence-corrected chi connectivity index (χ0v) is 13.2. The SMILES string of the molecule is CC(c1ccccn1)S(=O)(=O)NCC1CCCNC1.Cl. The summed E-state index contributed by atoms with van der Waals surface area (Å²) >= 11 is 0. The number of pyridine rings is 1. The van der Waals surface area contributed by atoms with Crippen LogP contribution in [0.2, 0.25) is 0 Å². The van der Waals surface area contributed by atoms with Crippen molar-refractivity contribution in [1.29, 1.82) is 0 Å². The van der Waals surface area contributed by atoms with Gasteiger partial charge in [0.1, 0.15) is 5.25 Å². The van der Waals surface area contributed by atoms with Crippen LogP contribution < -0.4 is 10.0 Å². The number of halogens is 1. The summed E-state index contributed by atoms with van der Waals surface area (Å²) in [4.78, 5) is 4.11. The lowest BCUT2D eigenvalue weighted by atomic mass is 10.0. The normalized spacial score (nSPS) is 20.9. The minimum atomic E-state index is -3.35. The van der Waals surface area contributed by atoms with Gasteiger partial charge in [-0.2, -0.15) is 0 Å². The Morgan fingerprint density at radius 1 is 1.50 bits per heavy atom. The van der Waals surface area contributed by atoms with E-state index in [1.165, 1.54) is 0 Å². The summed E-state index contributed by atoms with van der Waals surface area (Å²) in [6, 6.07) is 5.33. The molecule has 1 aliphatic rings. The molecule has 1 saturated heterocycles. The Hall–Kier alpha value is -0.690. The van der Waals surface area contributed by atoms with Gasteiger partial charge in [0.05, 0.1) is 5.69 Å². The van der Waals surface area contributed by atoms with Gasteiger partial charge in [-0.15, -0.1) is 12.4 Å². The van der Waals surface area contributed by atoms with Crippen LogP contribution in [0, 0.1) is 5.92 Å². The monoisotopic (exact) mass is 319 g/mol. The van der Waals surface area contributed by atoms with Crippen LogP contribution in [0.5, 0.6) is 0 Å². The van der Waals surface area contributed by atoms with E-state index in [0.29, 0.717) is 18.2 Å². The highest BCUT2D eigenvalue weighted by Gasteiger charge is 2.24. The molecule has 5 nitrogen and oxygen atoms in total.